The van der Waals surface area contributed by atoms with Gasteiger partial charge in [0.1, 0.15) is 0 Å². The first-order valence-corrected chi connectivity index (χ1v) is 9.46. The summed E-state index contributed by atoms with van der Waals surface area (Å²) in [5.41, 5.74) is 0.313. The second-order valence-corrected chi connectivity index (χ2v) is 12.3. The molecule has 0 atom stereocenters. The predicted molar refractivity (Wildman–Crippen MR) is 79.6 cm³/mol. The fourth-order valence-corrected chi connectivity index (χ4v) is 2.04. The highest BCUT2D eigenvalue weighted by molar-refractivity contribution is 6.74. The van der Waals surface area contributed by atoms with Crippen molar-refractivity contribution in [3.8, 4) is 11.8 Å². The molecule has 0 aromatic carbocycles. The fraction of sp³-hybridized carbons (Fsp3) is 0.867. The number of hydrogen-bond donors (Lipinski definition) is 0. The summed E-state index contributed by atoms with van der Waals surface area (Å²) in [4.78, 5) is 0. The van der Waals surface area contributed by atoms with E-state index in [0.717, 1.165) is 19.4 Å². The standard InChI is InChI=1S/C15H30OSi/c1-14(2,3)12-10-9-11-13-16-17(7,8)15(4,5)6/h11-13H2,1-8H3. The quantitative estimate of drug-likeness (QED) is 0.398. The Labute approximate surface area is 109 Å². The molecular weight excluding hydrogens is 224 g/mol. The van der Waals surface area contributed by atoms with Crippen LogP contribution in [0.2, 0.25) is 18.1 Å². The normalized spacial score (nSPS) is 13.2. The Morgan fingerprint density at radius 1 is 0.941 bits per heavy atom. The zero-order valence-electron chi connectivity index (χ0n) is 13.0. The summed E-state index contributed by atoms with van der Waals surface area (Å²) in [7, 11) is -1.57. The van der Waals surface area contributed by atoms with E-state index in [1.807, 2.05) is 0 Å². The van der Waals surface area contributed by atoms with Crippen LogP contribution in [0.5, 0.6) is 0 Å². The van der Waals surface area contributed by atoms with Gasteiger partial charge in [-0.1, -0.05) is 41.5 Å². The first-order chi connectivity index (χ1) is 7.46. The van der Waals surface area contributed by atoms with Crippen molar-refractivity contribution in [1.82, 2.24) is 0 Å². The Morgan fingerprint density at radius 2 is 1.47 bits per heavy atom. The highest BCUT2D eigenvalue weighted by Gasteiger charge is 2.36. The molecule has 17 heavy (non-hydrogen) atoms. The highest BCUT2D eigenvalue weighted by Crippen LogP contribution is 2.36. The first-order valence-electron chi connectivity index (χ1n) is 6.55. The minimum absolute atomic E-state index is 0.297. The van der Waals surface area contributed by atoms with Gasteiger partial charge in [-0.2, -0.15) is 0 Å². The van der Waals surface area contributed by atoms with Crippen molar-refractivity contribution >= 4 is 8.32 Å². The Hall–Kier alpha value is -0.263. The molecule has 0 saturated carbocycles. The van der Waals surface area contributed by atoms with Gasteiger partial charge < -0.3 is 4.43 Å². The summed E-state index contributed by atoms with van der Waals surface area (Å²) in [6.07, 6.45) is 1.83. The van der Waals surface area contributed by atoms with Crippen LogP contribution in [0.15, 0.2) is 0 Å². The molecule has 0 saturated heterocycles. The van der Waals surface area contributed by atoms with Crippen molar-refractivity contribution in [3.05, 3.63) is 0 Å². The lowest BCUT2D eigenvalue weighted by Gasteiger charge is -2.35. The summed E-state index contributed by atoms with van der Waals surface area (Å²) >= 11 is 0. The van der Waals surface area contributed by atoms with Crippen molar-refractivity contribution in [2.75, 3.05) is 6.61 Å². The number of rotatable bonds is 3. The van der Waals surface area contributed by atoms with Crippen LogP contribution in [0.4, 0.5) is 0 Å². The van der Waals surface area contributed by atoms with Crippen LogP contribution < -0.4 is 0 Å². The van der Waals surface area contributed by atoms with Crippen LogP contribution in [-0.4, -0.2) is 14.9 Å². The summed E-state index contributed by atoms with van der Waals surface area (Å²) in [6, 6.07) is 0. The molecular formula is C15H30OSi. The van der Waals surface area contributed by atoms with E-state index in [2.05, 4.69) is 66.5 Å². The maximum absolute atomic E-state index is 6.06. The van der Waals surface area contributed by atoms with Crippen molar-refractivity contribution in [2.24, 2.45) is 5.41 Å². The van der Waals surface area contributed by atoms with Gasteiger partial charge in [0, 0.05) is 19.4 Å². The Morgan fingerprint density at radius 3 is 1.88 bits per heavy atom. The lowest BCUT2D eigenvalue weighted by molar-refractivity contribution is 0.296. The van der Waals surface area contributed by atoms with Crippen LogP contribution >= 0.6 is 0 Å². The van der Waals surface area contributed by atoms with Crippen LogP contribution in [0, 0.1) is 17.3 Å². The van der Waals surface area contributed by atoms with Gasteiger partial charge in [0.15, 0.2) is 8.32 Å². The second kappa shape index (κ2) is 6.07. The molecule has 0 amide bonds. The maximum atomic E-state index is 6.06. The summed E-state index contributed by atoms with van der Waals surface area (Å²) in [6.45, 7) is 18.8. The Kier molecular flexibility index (Phi) is 5.97. The van der Waals surface area contributed by atoms with Gasteiger partial charge in [0.05, 0.1) is 0 Å². The van der Waals surface area contributed by atoms with Gasteiger partial charge in [0.25, 0.3) is 0 Å². The molecule has 0 spiro atoms. The van der Waals surface area contributed by atoms with Crippen molar-refractivity contribution in [1.29, 1.82) is 0 Å². The van der Waals surface area contributed by atoms with Gasteiger partial charge in [-0.15, -0.1) is 11.8 Å². The monoisotopic (exact) mass is 254 g/mol. The number of hydrogen-bond acceptors (Lipinski definition) is 1. The van der Waals surface area contributed by atoms with E-state index in [-0.39, 0.29) is 0 Å². The van der Waals surface area contributed by atoms with Crippen LogP contribution in [0.3, 0.4) is 0 Å². The van der Waals surface area contributed by atoms with Gasteiger partial charge in [-0.05, 0) is 23.5 Å². The van der Waals surface area contributed by atoms with Gasteiger partial charge in [-0.25, -0.2) is 0 Å². The second-order valence-electron chi connectivity index (χ2n) is 7.45. The van der Waals surface area contributed by atoms with E-state index in [4.69, 9.17) is 4.43 Å². The molecule has 0 aromatic heterocycles. The van der Waals surface area contributed by atoms with E-state index in [1.165, 1.54) is 0 Å². The lowest BCUT2D eigenvalue weighted by Crippen LogP contribution is -2.40. The molecule has 0 radical (unpaired) electrons. The molecule has 0 fully saturated rings. The zero-order valence-corrected chi connectivity index (χ0v) is 14.0. The molecule has 0 unspecified atom stereocenters. The molecule has 0 aromatic rings. The van der Waals surface area contributed by atoms with E-state index in [1.54, 1.807) is 0 Å². The maximum Gasteiger partial charge on any atom is 0.192 e. The largest absolute Gasteiger partial charge is 0.416 e. The fourth-order valence-electron chi connectivity index (χ4n) is 0.990. The van der Waals surface area contributed by atoms with Gasteiger partial charge in [-0.3, -0.25) is 0 Å². The smallest absolute Gasteiger partial charge is 0.192 e. The summed E-state index contributed by atoms with van der Waals surface area (Å²) < 4.78 is 6.06. The Balaban J connectivity index is 3.94. The van der Waals surface area contributed by atoms with Crippen molar-refractivity contribution in [3.63, 3.8) is 0 Å². The molecule has 0 bridgehead atoms. The third kappa shape index (κ3) is 7.62. The van der Waals surface area contributed by atoms with Crippen LogP contribution in [0.25, 0.3) is 0 Å². The average molecular weight is 254 g/mol. The minimum Gasteiger partial charge on any atom is -0.416 e. The van der Waals surface area contributed by atoms with E-state index in [9.17, 15) is 0 Å². The van der Waals surface area contributed by atoms with Gasteiger partial charge >= 0.3 is 0 Å². The predicted octanol–water partition coefficient (Wildman–Crippen LogP) is 4.84. The van der Waals surface area contributed by atoms with Crippen molar-refractivity contribution < 1.29 is 4.43 Å². The van der Waals surface area contributed by atoms with Gasteiger partial charge in [0.2, 0.25) is 0 Å². The van der Waals surface area contributed by atoms with E-state index < -0.39 is 8.32 Å². The Bertz CT molecular complexity index is 281. The molecule has 100 valence electrons. The molecule has 1 nitrogen and oxygen atoms in total. The third-order valence-corrected chi connectivity index (χ3v) is 7.78. The molecule has 0 N–H and O–H groups in total. The zero-order chi connectivity index (χ0) is 13.7. The molecule has 0 rings (SSSR count). The van der Waals surface area contributed by atoms with Crippen molar-refractivity contribution in [2.45, 2.75) is 72.5 Å². The molecule has 0 aliphatic rings. The molecule has 2 heteroatoms. The SMILES string of the molecule is CC(C)(C)CC#CCCO[Si](C)(C)C(C)(C)C. The van der Waals surface area contributed by atoms with E-state index in [0.29, 0.717) is 10.5 Å². The summed E-state index contributed by atoms with van der Waals surface area (Å²) in [5.74, 6) is 6.45. The summed E-state index contributed by atoms with van der Waals surface area (Å²) in [5, 5.41) is 0.297. The van der Waals surface area contributed by atoms with E-state index >= 15 is 0 Å². The first kappa shape index (κ1) is 16.7. The molecule has 0 aliphatic heterocycles. The lowest BCUT2D eigenvalue weighted by atomic mass is 9.93. The average Bonchev–Trinajstić information content (AvgIpc) is 2.07. The van der Waals surface area contributed by atoms with Crippen LogP contribution in [0.1, 0.15) is 54.4 Å². The topological polar surface area (TPSA) is 9.23 Å². The molecule has 0 aliphatic carbocycles. The highest BCUT2D eigenvalue weighted by atomic mass is 28.4. The molecule has 0 heterocycles. The third-order valence-electron chi connectivity index (χ3n) is 3.24. The van der Waals surface area contributed by atoms with Crippen LogP contribution in [-0.2, 0) is 4.43 Å². The minimum atomic E-state index is -1.57.